The third kappa shape index (κ3) is 7.32. The Morgan fingerprint density at radius 3 is 2.34 bits per heavy atom. The fraction of sp³-hybridized carbons (Fsp3) is 0.464. The third-order valence-electron chi connectivity index (χ3n) is 6.85. The Morgan fingerprint density at radius 1 is 0.906 bits per heavy atom. The summed E-state index contributed by atoms with van der Waals surface area (Å²) in [6.45, 7) is 6.31. The number of hydrogen-bond acceptors (Lipinski definition) is 3. The van der Waals surface area contributed by atoms with Gasteiger partial charge in [-0.25, -0.2) is 0 Å². The molecule has 4 nitrogen and oxygen atoms in total. The quantitative estimate of drug-likeness (QED) is 0.631. The molecule has 1 amide bonds. The molecule has 0 radical (unpaired) electrons. The molecule has 2 aliphatic rings. The normalized spacial score (nSPS) is 20.7. The highest BCUT2D eigenvalue weighted by Crippen LogP contribution is 2.22. The zero-order valence-electron chi connectivity index (χ0n) is 19.2. The van der Waals surface area contributed by atoms with Gasteiger partial charge in [-0.05, 0) is 55.8 Å². The summed E-state index contributed by atoms with van der Waals surface area (Å²) in [5, 5.41) is 3.29. The first kappa shape index (κ1) is 22.8. The van der Waals surface area contributed by atoms with Crippen molar-refractivity contribution < 1.29 is 4.79 Å². The maximum Gasteiger partial charge on any atom is 0.220 e. The van der Waals surface area contributed by atoms with Gasteiger partial charge in [-0.1, -0.05) is 72.8 Å². The molecule has 0 aliphatic carbocycles. The first-order valence-electron chi connectivity index (χ1n) is 12.2. The lowest BCUT2D eigenvalue weighted by Gasteiger charge is -2.31. The van der Waals surface area contributed by atoms with E-state index in [9.17, 15) is 4.79 Å². The van der Waals surface area contributed by atoms with Crippen molar-refractivity contribution in [1.82, 2.24) is 15.1 Å². The van der Waals surface area contributed by atoms with Gasteiger partial charge in [0, 0.05) is 38.6 Å². The summed E-state index contributed by atoms with van der Waals surface area (Å²) in [7, 11) is 0. The van der Waals surface area contributed by atoms with Crippen molar-refractivity contribution in [3.05, 3.63) is 77.9 Å². The van der Waals surface area contributed by atoms with Gasteiger partial charge in [-0.15, -0.1) is 0 Å². The second-order valence-electron chi connectivity index (χ2n) is 9.37. The molecule has 0 saturated carbocycles. The summed E-state index contributed by atoms with van der Waals surface area (Å²) in [5.41, 5.74) is 2.61. The number of rotatable bonds is 9. The zero-order valence-corrected chi connectivity index (χ0v) is 19.2. The zero-order chi connectivity index (χ0) is 22.0. The van der Waals surface area contributed by atoms with Crippen LogP contribution in [0.5, 0.6) is 0 Å². The van der Waals surface area contributed by atoms with Crippen molar-refractivity contribution >= 4 is 12.0 Å². The van der Waals surface area contributed by atoms with Crippen LogP contribution >= 0.6 is 0 Å². The summed E-state index contributed by atoms with van der Waals surface area (Å²) >= 11 is 0. The standard InChI is InChI=1S/C28H37N3O/c32-28(29-27-17-21-31(23-27)22-26-10-5-2-6-11-26)14-13-25-15-19-30(20-16-25)18-7-12-24-8-3-1-4-9-24/h1-12,25,27H,13-23H2,(H,29,32). The lowest BCUT2D eigenvalue weighted by molar-refractivity contribution is -0.122. The molecule has 2 fully saturated rings. The van der Waals surface area contributed by atoms with Crippen LogP contribution in [0.25, 0.3) is 6.08 Å². The first-order valence-corrected chi connectivity index (χ1v) is 12.2. The lowest BCUT2D eigenvalue weighted by atomic mass is 9.92. The summed E-state index contributed by atoms with van der Waals surface area (Å²) in [5.74, 6) is 0.929. The van der Waals surface area contributed by atoms with E-state index in [0.717, 1.165) is 52.1 Å². The summed E-state index contributed by atoms with van der Waals surface area (Å²) in [6, 6.07) is 21.4. The van der Waals surface area contributed by atoms with Crippen LogP contribution in [0.15, 0.2) is 66.7 Å². The summed E-state index contributed by atoms with van der Waals surface area (Å²) in [4.78, 5) is 17.5. The van der Waals surface area contributed by atoms with Crippen molar-refractivity contribution in [2.24, 2.45) is 5.92 Å². The van der Waals surface area contributed by atoms with Crippen molar-refractivity contribution in [2.45, 2.75) is 44.7 Å². The van der Waals surface area contributed by atoms with Crippen LogP contribution in [0.4, 0.5) is 0 Å². The van der Waals surface area contributed by atoms with Crippen molar-refractivity contribution in [1.29, 1.82) is 0 Å². The van der Waals surface area contributed by atoms with E-state index >= 15 is 0 Å². The largest absolute Gasteiger partial charge is 0.352 e. The van der Waals surface area contributed by atoms with Gasteiger partial charge in [0.1, 0.15) is 0 Å². The molecule has 0 bridgehead atoms. The van der Waals surface area contributed by atoms with E-state index in [1.165, 1.54) is 24.0 Å². The SMILES string of the molecule is O=C(CCC1CCN(CC=Cc2ccccc2)CC1)NC1CCN(Cc2ccccc2)C1. The number of nitrogens with one attached hydrogen (secondary N) is 1. The molecule has 0 spiro atoms. The molecule has 1 unspecified atom stereocenters. The molecule has 170 valence electrons. The van der Waals surface area contributed by atoms with E-state index in [1.807, 2.05) is 0 Å². The second kappa shape index (κ2) is 12.0. The van der Waals surface area contributed by atoms with Crippen LogP contribution in [0.2, 0.25) is 0 Å². The van der Waals surface area contributed by atoms with E-state index in [2.05, 4.69) is 87.9 Å². The van der Waals surface area contributed by atoms with Gasteiger partial charge in [0.15, 0.2) is 0 Å². The second-order valence-corrected chi connectivity index (χ2v) is 9.37. The Bertz CT molecular complexity index is 843. The number of piperidine rings is 1. The summed E-state index contributed by atoms with van der Waals surface area (Å²) < 4.78 is 0. The highest BCUT2D eigenvalue weighted by molar-refractivity contribution is 5.76. The molecule has 0 aromatic heterocycles. The highest BCUT2D eigenvalue weighted by atomic mass is 16.1. The van der Waals surface area contributed by atoms with Crippen LogP contribution < -0.4 is 5.32 Å². The first-order chi connectivity index (χ1) is 15.7. The topological polar surface area (TPSA) is 35.6 Å². The molecule has 4 heteroatoms. The monoisotopic (exact) mass is 431 g/mol. The maximum atomic E-state index is 12.5. The van der Waals surface area contributed by atoms with Crippen LogP contribution in [0, 0.1) is 5.92 Å². The van der Waals surface area contributed by atoms with Crippen molar-refractivity contribution in [2.75, 3.05) is 32.7 Å². The van der Waals surface area contributed by atoms with E-state index in [-0.39, 0.29) is 5.91 Å². The molecular weight excluding hydrogens is 394 g/mol. The van der Waals surface area contributed by atoms with Crippen LogP contribution in [0.1, 0.15) is 43.2 Å². The lowest BCUT2D eigenvalue weighted by Crippen LogP contribution is -2.37. The maximum absolute atomic E-state index is 12.5. The number of amides is 1. The van der Waals surface area contributed by atoms with E-state index < -0.39 is 0 Å². The number of hydrogen-bond donors (Lipinski definition) is 1. The van der Waals surface area contributed by atoms with Gasteiger partial charge < -0.3 is 5.32 Å². The minimum absolute atomic E-state index is 0.241. The number of likely N-dealkylation sites (tertiary alicyclic amines) is 2. The molecule has 4 rings (SSSR count). The van der Waals surface area contributed by atoms with Gasteiger partial charge in [0.25, 0.3) is 0 Å². The van der Waals surface area contributed by atoms with Crippen LogP contribution in [-0.4, -0.2) is 54.5 Å². The minimum atomic E-state index is 0.241. The van der Waals surface area contributed by atoms with E-state index in [0.29, 0.717) is 18.4 Å². The number of carbonyl (C=O) groups excluding carboxylic acids is 1. The highest BCUT2D eigenvalue weighted by Gasteiger charge is 2.24. The Kier molecular flexibility index (Phi) is 8.52. The molecule has 1 N–H and O–H groups in total. The summed E-state index contributed by atoms with van der Waals surface area (Å²) in [6.07, 6.45) is 9.66. The fourth-order valence-electron chi connectivity index (χ4n) is 4.93. The number of carbonyl (C=O) groups is 1. The predicted molar refractivity (Wildman–Crippen MR) is 132 cm³/mol. The minimum Gasteiger partial charge on any atom is -0.352 e. The molecule has 2 heterocycles. The Balaban J connectivity index is 1.08. The van der Waals surface area contributed by atoms with Gasteiger partial charge >= 0.3 is 0 Å². The average Bonchev–Trinajstić information content (AvgIpc) is 3.26. The van der Waals surface area contributed by atoms with Gasteiger partial charge in [0.05, 0.1) is 0 Å². The molecule has 2 aromatic carbocycles. The van der Waals surface area contributed by atoms with E-state index in [1.54, 1.807) is 0 Å². The molecule has 2 saturated heterocycles. The van der Waals surface area contributed by atoms with Crippen molar-refractivity contribution in [3.8, 4) is 0 Å². The Labute approximate surface area is 193 Å². The van der Waals surface area contributed by atoms with Gasteiger partial charge in [0.2, 0.25) is 5.91 Å². The van der Waals surface area contributed by atoms with Crippen LogP contribution in [-0.2, 0) is 11.3 Å². The molecule has 1 atom stereocenters. The Hall–Kier alpha value is -2.43. The average molecular weight is 432 g/mol. The van der Waals surface area contributed by atoms with Crippen molar-refractivity contribution in [3.63, 3.8) is 0 Å². The van der Waals surface area contributed by atoms with E-state index in [4.69, 9.17) is 0 Å². The predicted octanol–water partition coefficient (Wildman–Crippen LogP) is 4.58. The molecule has 2 aromatic rings. The third-order valence-corrected chi connectivity index (χ3v) is 6.85. The molecular formula is C28H37N3O. The smallest absolute Gasteiger partial charge is 0.220 e. The number of nitrogens with zero attached hydrogens (tertiary/aromatic N) is 2. The van der Waals surface area contributed by atoms with Crippen LogP contribution in [0.3, 0.4) is 0 Å². The Morgan fingerprint density at radius 2 is 1.59 bits per heavy atom. The fourth-order valence-corrected chi connectivity index (χ4v) is 4.93. The number of benzene rings is 2. The van der Waals surface area contributed by atoms with Gasteiger partial charge in [-0.2, -0.15) is 0 Å². The molecule has 2 aliphatic heterocycles. The molecule has 32 heavy (non-hydrogen) atoms. The van der Waals surface area contributed by atoms with Gasteiger partial charge in [-0.3, -0.25) is 14.6 Å².